The van der Waals surface area contributed by atoms with E-state index in [2.05, 4.69) is 40.7 Å². The van der Waals surface area contributed by atoms with Crippen LogP contribution >= 0.6 is 0 Å². The molecule has 0 radical (unpaired) electrons. The Labute approximate surface area is 623 Å². The molecule has 5 aliphatic carbocycles. The van der Waals surface area contributed by atoms with E-state index in [1.54, 1.807) is 0 Å². The van der Waals surface area contributed by atoms with Crippen LogP contribution < -0.4 is 0 Å². The number of carbonyl (C=O) groups is 1. The molecule has 11 fully saturated rings. The lowest BCUT2D eigenvalue weighted by atomic mass is 9.33. The summed E-state index contributed by atoms with van der Waals surface area (Å²) in [5.74, 6) is -1.02. The van der Waals surface area contributed by atoms with Gasteiger partial charge in [0.05, 0.1) is 63.9 Å². The van der Waals surface area contributed by atoms with Crippen molar-refractivity contribution in [3.8, 4) is 0 Å². The average molecular weight is 1560 g/mol. The number of carboxylic acids is 1. The molecule has 4 saturated carbocycles. The van der Waals surface area contributed by atoms with Gasteiger partial charge in [0.15, 0.2) is 44.0 Å². The van der Waals surface area contributed by atoms with Gasteiger partial charge in [0.25, 0.3) is 0 Å². The molecule has 0 amide bonds. The van der Waals surface area contributed by atoms with E-state index >= 15 is 0 Å². The molecule has 622 valence electrons. The van der Waals surface area contributed by atoms with Gasteiger partial charge in [-0.1, -0.05) is 53.2 Å². The number of aliphatic carboxylic acids is 1. The maximum absolute atomic E-state index is 13.4. The number of hydrogen-bond acceptors (Lipinski definition) is 36. The Morgan fingerprint density at radius 1 is 0.426 bits per heavy atom. The zero-order valence-electron chi connectivity index (χ0n) is 61.5. The molecule has 0 bridgehead atoms. The molecular weight excluding hydrogens is 1440 g/mol. The van der Waals surface area contributed by atoms with Crippen molar-refractivity contribution in [1.29, 1.82) is 0 Å². The first kappa shape index (κ1) is 85.2. The molecule has 0 unspecified atom stereocenters. The molecular formula is C71H116O37. The van der Waals surface area contributed by atoms with Crippen molar-refractivity contribution in [2.24, 2.45) is 50.2 Å². The van der Waals surface area contributed by atoms with E-state index in [-0.39, 0.29) is 34.0 Å². The number of hydrogen-bond donors (Lipinski definition) is 22. The first-order valence-electron chi connectivity index (χ1n) is 37.8. The van der Waals surface area contributed by atoms with E-state index in [9.17, 15) is 117 Å². The molecule has 22 N–H and O–H groups in total. The van der Waals surface area contributed by atoms with Crippen LogP contribution in [0.2, 0.25) is 0 Å². The predicted octanol–water partition coefficient (Wildman–Crippen LogP) is -7.36. The van der Waals surface area contributed by atoms with Gasteiger partial charge < -0.3 is 179 Å². The number of carboxylic acid groups (broad SMARTS) is 1. The Morgan fingerprint density at radius 2 is 0.880 bits per heavy atom. The van der Waals surface area contributed by atoms with Crippen molar-refractivity contribution in [2.75, 3.05) is 46.2 Å². The summed E-state index contributed by atoms with van der Waals surface area (Å²) in [4.78, 5) is 13.4. The summed E-state index contributed by atoms with van der Waals surface area (Å²) in [5.41, 5.74) is -1.79. The topological polar surface area (TPSA) is 591 Å². The molecule has 37 nitrogen and oxygen atoms in total. The predicted molar refractivity (Wildman–Crippen MR) is 355 cm³/mol. The van der Waals surface area contributed by atoms with E-state index < -0.39 is 283 Å². The van der Waals surface area contributed by atoms with Crippen LogP contribution in [0.15, 0.2) is 11.6 Å². The van der Waals surface area contributed by atoms with Crippen molar-refractivity contribution in [2.45, 2.75) is 328 Å². The molecule has 0 spiro atoms. The fourth-order valence-electron chi connectivity index (χ4n) is 20.7. The third-order valence-corrected chi connectivity index (χ3v) is 27.6. The molecule has 108 heavy (non-hydrogen) atoms. The summed E-state index contributed by atoms with van der Waals surface area (Å²) in [7, 11) is 0. The van der Waals surface area contributed by atoms with E-state index in [0.717, 1.165) is 19.3 Å². The maximum Gasteiger partial charge on any atom is 0.310 e. The smallest absolute Gasteiger partial charge is 0.310 e. The zero-order chi connectivity index (χ0) is 78.7. The maximum atomic E-state index is 13.4. The van der Waals surface area contributed by atoms with Crippen molar-refractivity contribution in [1.82, 2.24) is 0 Å². The molecule has 0 aromatic carbocycles. The second-order valence-corrected chi connectivity index (χ2v) is 34.1. The van der Waals surface area contributed by atoms with Crippen LogP contribution in [-0.4, -0.2) is 380 Å². The number of rotatable bonds is 21. The van der Waals surface area contributed by atoms with Gasteiger partial charge in [-0.15, -0.1) is 0 Å². The van der Waals surface area contributed by atoms with E-state index in [0.29, 0.717) is 44.9 Å². The molecule has 7 heterocycles. The first-order valence-corrected chi connectivity index (χ1v) is 37.8. The minimum atomic E-state index is -2.26. The van der Waals surface area contributed by atoms with Crippen molar-refractivity contribution in [3.05, 3.63) is 11.6 Å². The molecule has 12 aliphatic rings. The lowest BCUT2D eigenvalue weighted by Gasteiger charge is -2.71. The van der Waals surface area contributed by atoms with Crippen molar-refractivity contribution in [3.63, 3.8) is 0 Å². The van der Waals surface area contributed by atoms with Crippen LogP contribution in [0.4, 0.5) is 0 Å². The number of fused-ring (bicyclic) bond motifs is 7. The number of allylic oxidation sites excluding steroid dienone is 2. The van der Waals surface area contributed by atoms with Crippen LogP contribution in [0.1, 0.15) is 113 Å². The Hall–Kier alpha value is -2.19. The van der Waals surface area contributed by atoms with Gasteiger partial charge in [0.1, 0.15) is 159 Å². The molecule has 12 rings (SSSR count). The third kappa shape index (κ3) is 14.7. The molecule has 7 aliphatic heterocycles. The minimum Gasteiger partial charge on any atom is -0.481 e. The van der Waals surface area contributed by atoms with E-state index in [1.165, 1.54) is 12.5 Å². The minimum absolute atomic E-state index is 0.0549. The summed E-state index contributed by atoms with van der Waals surface area (Å²) in [6.07, 6.45) is -56.9. The largest absolute Gasteiger partial charge is 0.481 e. The molecule has 43 atom stereocenters. The normalized spacial score (nSPS) is 54.7. The summed E-state index contributed by atoms with van der Waals surface area (Å²) in [5, 5.41) is 244. The number of aliphatic hydroxyl groups is 21. The third-order valence-electron chi connectivity index (χ3n) is 27.6. The van der Waals surface area contributed by atoms with Crippen LogP contribution in [0.3, 0.4) is 0 Å². The Balaban J connectivity index is 0.801. The summed E-state index contributed by atoms with van der Waals surface area (Å²) in [6, 6.07) is 0. The molecule has 0 aromatic heterocycles. The van der Waals surface area contributed by atoms with Crippen LogP contribution in [0.25, 0.3) is 0 Å². The molecule has 0 aromatic rings. The first-order chi connectivity index (χ1) is 50.9. The van der Waals surface area contributed by atoms with Gasteiger partial charge in [0.2, 0.25) is 0 Å². The lowest BCUT2D eigenvalue weighted by Crippen LogP contribution is -2.68. The standard InChI is InChI=1S/C71H116O37/c1-26-38(78)54(105-60-50(90)47(87)53(33(23-76)101-60)104-64-57(46(86)41(81)31(21-74)100-64)108-59-49(89)45(85)40(80)30(20-73)98-59)51(91)61(96-26)107-56-43(83)34(102-62-52(92)55(42(82)32(22-75)99-62)106-58-48(88)44(84)39(79)29(19-72)97-58)24-95-63(56)103-37-11-12-67(4)35(68(37,5)25-77)10-13-70(7)36(67)9-8-27-28-18-66(2,3)14-16-71(28,65(93)94)17-15-69(27,70)6/h8,26,28-64,72-92H,9-25H2,1-7H3,(H,93,94)/t26-,28-,29+,30+,31+,32+,33+,34-,35+,36+,37-,38-,39+,40+,41+,42+,43-,44-,45-,46-,47+,48+,49+,50+,51+,52+,53+,54+,55-,56+,57+,58-,59-,60-,61-,62-,63-,64-,67-,68-,69+,70+,71-/m0/s1. The van der Waals surface area contributed by atoms with Gasteiger partial charge >= 0.3 is 5.97 Å². The van der Waals surface area contributed by atoms with Gasteiger partial charge in [-0.3, -0.25) is 4.79 Å². The number of aliphatic hydroxyl groups excluding tert-OH is 21. The zero-order valence-corrected chi connectivity index (χ0v) is 61.5. The Morgan fingerprint density at radius 3 is 1.43 bits per heavy atom. The van der Waals surface area contributed by atoms with Gasteiger partial charge in [-0.25, -0.2) is 0 Å². The van der Waals surface area contributed by atoms with Gasteiger partial charge in [-0.2, -0.15) is 0 Å². The fourth-order valence-corrected chi connectivity index (χ4v) is 20.7. The van der Waals surface area contributed by atoms with Crippen molar-refractivity contribution >= 4 is 5.97 Å². The Bertz CT molecular complexity index is 3050. The van der Waals surface area contributed by atoms with Crippen LogP contribution in [0.5, 0.6) is 0 Å². The second-order valence-electron chi connectivity index (χ2n) is 34.1. The van der Waals surface area contributed by atoms with E-state index in [1.807, 2.05) is 6.92 Å². The molecule has 37 heteroatoms. The summed E-state index contributed by atoms with van der Waals surface area (Å²) < 4.78 is 84.5. The highest BCUT2D eigenvalue weighted by molar-refractivity contribution is 5.76. The SMILES string of the molecule is C[C@@H]1O[C@@H](O[C@H]2[C@H](O[C@H]3CC[C@@]4(C)[C@@H](CC[C@]5(C)[C@@H]4CC=C4[C@@H]6CC(C)(C)CC[C@]6(C(=O)O)CC[C@]45C)[C@]3(C)CO)OC[C@H](O[C@@H]3O[C@H](CO)[C@@H](O)[C@H](O[C@@H]4O[C@H](CO)[C@@H](O)[C@H](O)[C@H]4O)[C@H]3O)[C@@H]2O)[C@H](O)[C@H](O[C@@H]2O[C@H](CO)[C@@H](O[C@@H]3O[C@H](CO)[C@@H](O)[C@H](O)[C@H]3O[C@@H]3O[C@H](CO)[C@@H](O)[C@H](O)[C@H]3O)[C@H](O)[C@H]2O)[C@H]1O. The van der Waals surface area contributed by atoms with Gasteiger partial charge in [-0.05, 0) is 111 Å². The lowest BCUT2D eigenvalue weighted by molar-refractivity contribution is -0.402. The quantitative estimate of drug-likeness (QED) is 0.0375. The summed E-state index contributed by atoms with van der Waals surface area (Å²) in [6.45, 7) is 8.90. The van der Waals surface area contributed by atoms with Gasteiger partial charge in [0, 0.05) is 5.41 Å². The average Bonchev–Trinajstić information content (AvgIpc) is 0.674. The fraction of sp³-hybridized carbons (Fsp3) is 0.958. The van der Waals surface area contributed by atoms with Crippen LogP contribution in [0, 0.1) is 50.2 Å². The number of ether oxygens (including phenoxy) is 14. The second kappa shape index (κ2) is 32.7. The Kier molecular flexibility index (Phi) is 25.8. The highest BCUT2D eigenvalue weighted by Crippen LogP contribution is 2.76. The van der Waals surface area contributed by atoms with E-state index in [4.69, 9.17) is 66.3 Å². The summed E-state index contributed by atoms with van der Waals surface area (Å²) >= 11 is 0. The van der Waals surface area contributed by atoms with Crippen LogP contribution in [-0.2, 0) is 71.1 Å². The highest BCUT2D eigenvalue weighted by Gasteiger charge is 2.71. The van der Waals surface area contributed by atoms with Crippen molar-refractivity contribution < 1.29 is 183 Å². The monoisotopic (exact) mass is 1560 g/mol. The highest BCUT2D eigenvalue weighted by atomic mass is 16.8. The molecule has 7 saturated heterocycles.